The van der Waals surface area contributed by atoms with Gasteiger partial charge in [0.2, 0.25) is 15.9 Å². The molecule has 0 aromatic heterocycles. The van der Waals surface area contributed by atoms with Crippen LogP contribution in [0.2, 0.25) is 0 Å². The van der Waals surface area contributed by atoms with E-state index in [0.717, 1.165) is 10.0 Å². The molecule has 0 fully saturated rings. The zero-order valence-electron chi connectivity index (χ0n) is 14.7. The second kappa shape index (κ2) is 8.66. The quantitative estimate of drug-likeness (QED) is 0.684. The molecule has 2 N–H and O–H groups in total. The maximum atomic E-state index is 12.8. The lowest BCUT2D eigenvalue weighted by Crippen LogP contribution is -2.28. The molecule has 6 nitrogen and oxygen atoms in total. The van der Waals surface area contributed by atoms with Crippen LogP contribution in [0.5, 0.6) is 5.75 Å². The van der Waals surface area contributed by atoms with Crippen LogP contribution < -0.4 is 14.8 Å². The van der Waals surface area contributed by atoms with Crippen LogP contribution in [-0.2, 0) is 14.8 Å². The first kappa shape index (κ1) is 20.4. The Labute approximate surface area is 162 Å². The SMILES string of the molecule is CC[C@H](NS(=O)(=O)c1ccc(OC)c(NC(C)=O)c1)c1ccc(Br)cc1. The van der Waals surface area contributed by atoms with Gasteiger partial charge in [-0.05, 0) is 42.3 Å². The normalized spacial score (nSPS) is 12.5. The third-order valence-electron chi connectivity index (χ3n) is 3.77. The third kappa shape index (κ3) is 5.06. The molecule has 0 aliphatic carbocycles. The lowest BCUT2D eigenvalue weighted by molar-refractivity contribution is -0.114. The predicted octanol–water partition coefficient (Wildman–Crippen LogP) is 3.85. The first-order valence-electron chi connectivity index (χ1n) is 8.00. The summed E-state index contributed by atoms with van der Waals surface area (Å²) in [4.78, 5) is 11.4. The Morgan fingerprint density at radius 2 is 1.85 bits per heavy atom. The number of nitrogens with one attached hydrogen (secondary N) is 2. The average Bonchev–Trinajstić information content (AvgIpc) is 2.60. The number of ether oxygens (including phenoxy) is 1. The monoisotopic (exact) mass is 440 g/mol. The number of hydrogen-bond donors (Lipinski definition) is 2. The first-order chi connectivity index (χ1) is 12.3. The molecule has 1 atom stereocenters. The third-order valence-corrected chi connectivity index (χ3v) is 5.77. The standard InChI is InChI=1S/C18H21BrN2O4S/c1-4-16(13-5-7-14(19)8-6-13)21-26(23,24)15-9-10-18(25-3)17(11-15)20-12(2)22/h5-11,16,21H,4H2,1-3H3,(H,20,22)/t16-/m0/s1. The highest BCUT2D eigenvalue weighted by molar-refractivity contribution is 9.10. The highest BCUT2D eigenvalue weighted by Crippen LogP contribution is 2.29. The number of benzene rings is 2. The van der Waals surface area contributed by atoms with Crippen molar-refractivity contribution in [2.75, 3.05) is 12.4 Å². The van der Waals surface area contributed by atoms with Gasteiger partial charge in [0.1, 0.15) is 5.75 Å². The van der Waals surface area contributed by atoms with Crippen molar-refractivity contribution < 1.29 is 17.9 Å². The van der Waals surface area contributed by atoms with Gasteiger partial charge in [-0.15, -0.1) is 0 Å². The molecule has 2 aromatic carbocycles. The molecule has 0 bridgehead atoms. The number of hydrogen-bond acceptors (Lipinski definition) is 4. The van der Waals surface area contributed by atoms with Crippen LogP contribution in [-0.4, -0.2) is 21.4 Å². The lowest BCUT2D eigenvalue weighted by Gasteiger charge is -2.18. The fourth-order valence-electron chi connectivity index (χ4n) is 2.48. The van der Waals surface area contributed by atoms with Crippen LogP contribution >= 0.6 is 15.9 Å². The van der Waals surface area contributed by atoms with Crippen molar-refractivity contribution in [1.82, 2.24) is 4.72 Å². The maximum Gasteiger partial charge on any atom is 0.241 e. The fraction of sp³-hybridized carbons (Fsp3) is 0.278. The van der Waals surface area contributed by atoms with Gasteiger partial charge in [-0.3, -0.25) is 4.79 Å². The van der Waals surface area contributed by atoms with E-state index in [0.29, 0.717) is 17.9 Å². The summed E-state index contributed by atoms with van der Waals surface area (Å²) in [6.45, 7) is 3.26. The van der Waals surface area contributed by atoms with Crippen LogP contribution in [0, 0.1) is 0 Å². The van der Waals surface area contributed by atoms with E-state index in [9.17, 15) is 13.2 Å². The van der Waals surface area contributed by atoms with Gasteiger partial charge in [-0.25, -0.2) is 13.1 Å². The van der Waals surface area contributed by atoms with Crippen molar-refractivity contribution in [3.63, 3.8) is 0 Å². The Morgan fingerprint density at radius 1 is 1.19 bits per heavy atom. The summed E-state index contributed by atoms with van der Waals surface area (Å²) in [6.07, 6.45) is 0.593. The summed E-state index contributed by atoms with van der Waals surface area (Å²) in [7, 11) is -2.33. The van der Waals surface area contributed by atoms with E-state index in [1.54, 1.807) is 0 Å². The van der Waals surface area contributed by atoms with E-state index in [4.69, 9.17) is 4.74 Å². The summed E-state index contributed by atoms with van der Waals surface area (Å²) >= 11 is 3.37. The molecule has 2 aromatic rings. The molecule has 0 aliphatic rings. The molecule has 1 amide bonds. The van der Waals surface area contributed by atoms with Gasteiger partial charge in [-0.1, -0.05) is 35.0 Å². The van der Waals surface area contributed by atoms with Gasteiger partial charge in [0, 0.05) is 17.4 Å². The summed E-state index contributed by atoms with van der Waals surface area (Å²) in [6, 6.07) is 11.5. The largest absolute Gasteiger partial charge is 0.495 e. The zero-order chi connectivity index (χ0) is 19.3. The highest BCUT2D eigenvalue weighted by Gasteiger charge is 2.22. The van der Waals surface area contributed by atoms with Crippen LogP contribution in [0.3, 0.4) is 0 Å². The van der Waals surface area contributed by atoms with Gasteiger partial charge in [0.15, 0.2) is 0 Å². The van der Waals surface area contributed by atoms with E-state index in [2.05, 4.69) is 26.0 Å². The van der Waals surface area contributed by atoms with E-state index >= 15 is 0 Å². The van der Waals surface area contributed by atoms with E-state index < -0.39 is 10.0 Å². The first-order valence-corrected chi connectivity index (χ1v) is 10.3. The van der Waals surface area contributed by atoms with Crippen molar-refractivity contribution in [3.8, 4) is 5.75 Å². The van der Waals surface area contributed by atoms with Crippen molar-refractivity contribution in [2.24, 2.45) is 0 Å². The van der Waals surface area contributed by atoms with E-state index in [1.165, 1.54) is 32.2 Å². The van der Waals surface area contributed by atoms with Gasteiger partial charge in [-0.2, -0.15) is 0 Å². The predicted molar refractivity (Wildman–Crippen MR) is 105 cm³/mol. The molecule has 0 saturated carbocycles. The minimum atomic E-state index is -3.78. The number of sulfonamides is 1. The molecular weight excluding hydrogens is 420 g/mol. The van der Waals surface area contributed by atoms with Crippen LogP contribution in [0.4, 0.5) is 5.69 Å². The number of methoxy groups -OCH3 is 1. The molecule has 0 saturated heterocycles. The van der Waals surface area contributed by atoms with Gasteiger partial charge < -0.3 is 10.1 Å². The van der Waals surface area contributed by atoms with Crippen molar-refractivity contribution in [2.45, 2.75) is 31.2 Å². The Morgan fingerprint density at radius 3 is 2.38 bits per heavy atom. The number of rotatable bonds is 7. The molecule has 26 heavy (non-hydrogen) atoms. The molecule has 0 heterocycles. The van der Waals surface area contributed by atoms with Gasteiger partial charge in [0.25, 0.3) is 0 Å². The van der Waals surface area contributed by atoms with Gasteiger partial charge in [0.05, 0.1) is 17.7 Å². The molecular formula is C18H21BrN2O4S. The van der Waals surface area contributed by atoms with Gasteiger partial charge >= 0.3 is 0 Å². The Bertz CT molecular complexity index is 883. The lowest BCUT2D eigenvalue weighted by atomic mass is 10.1. The number of amides is 1. The molecule has 8 heteroatoms. The Kier molecular flexibility index (Phi) is 6.80. The smallest absolute Gasteiger partial charge is 0.241 e. The number of carbonyl (C=O) groups is 1. The maximum absolute atomic E-state index is 12.8. The number of anilines is 1. The highest BCUT2D eigenvalue weighted by atomic mass is 79.9. The molecule has 2 rings (SSSR count). The fourth-order valence-corrected chi connectivity index (χ4v) is 4.08. The van der Waals surface area contributed by atoms with E-state index in [-0.39, 0.29) is 16.8 Å². The minimum absolute atomic E-state index is 0.0533. The Hall–Kier alpha value is -1.90. The van der Waals surface area contributed by atoms with Crippen LogP contribution in [0.25, 0.3) is 0 Å². The van der Waals surface area contributed by atoms with Crippen molar-refractivity contribution in [3.05, 3.63) is 52.5 Å². The summed E-state index contributed by atoms with van der Waals surface area (Å²) < 4.78 is 34.4. The number of halogens is 1. The molecule has 140 valence electrons. The second-order valence-electron chi connectivity index (χ2n) is 5.68. The summed E-state index contributed by atoms with van der Waals surface area (Å²) in [5.41, 5.74) is 1.18. The topological polar surface area (TPSA) is 84.5 Å². The minimum Gasteiger partial charge on any atom is -0.495 e. The zero-order valence-corrected chi connectivity index (χ0v) is 17.1. The Balaban J connectivity index is 2.33. The van der Waals surface area contributed by atoms with E-state index in [1.807, 2.05) is 31.2 Å². The van der Waals surface area contributed by atoms with Crippen LogP contribution in [0.1, 0.15) is 31.9 Å². The summed E-state index contributed by atoms with van der Waals surface area (Å²) in [5, 5.41) is 2.58. The summed E-state index contributed by atoms with van der Waals surface area (Å²) in [5.74, 6) is 0.0752. The molecule has 0 unspecified atom stereocenters. The van der Waals surface area contributed by atoms with Crippen molar-refractivity contribution in [1.29, 1.82) is 0 Å². The second-order valence-corrected chi connectivity index (χ2v) is 8.31. The number of carbonyl (C=O) groups excluding carboxylic acids is 1. The molecule has 0 radical (unpaired) electrons. The average molecular weight is 441 g/mol. The van der Waals surface area contributed by atoms with Crippen LogP contribution in [0.15, 0.2) is 51.8 Å². The molecule has 0 aliphatic heterocycles. The van der Waals surface area contributed by atoms with Crippen molar-refractivity contribution >= 4 is 37.5 Å². The molecule has 0 spiro atoms.